The summed E-state index contributed by atoms with van der Waals surface area (Å²) in [6.07, 6.45) is 0.0242. The monoisotopic (exact) mass is 568 g/mol. The van der Waals surface area contributed by atoms with Crippen LogP contribution in [0.25, 0.3) is 5.76 Å². The van der Waals surface area contributed by atoms with Crippen molar-refractivity contribution in [2.24, 2.45) is 17.6 Å². The molecule has 210 valence electrons. The number of pyridine rings is 1. The van der Waals surface area contributed by atoms with Gasteiger partial charge in [-0.15, -0.1) is 0 Å². The Bertz CT molecular complexity index is 1520. The van der Waals surface area contributed by atoms with Gasteiger partial charge >= 0.3 is 0 Å². The van der Waals surface area contributed by atoms with E-state index in [4.69, 9.17) is 17.3 Å². The van der Waals surface area contributed by atoms with Gasteiger partial charge in [0.1, 0.15) is 22.2 Å². The Morgan fingerprint density at radius 3 is 2.45 bits per heavy atom. The Kier molecular flexibility index (Phi) is 6.64. The molecule has 11 nitrogen and oxygen atoms in total. The molecule has 5 rings (SSSR count). The van der Waals surface area contributed by atoms with Gasteiger partial charge in [0.05, 0.1) is 17.6 Å². The highest BCUT2D eigenvalue weighted by Gasteiger charge is 2.64. The number of aliphatic hydroxyl groups is 3. The van der Waals surface area contributed by atoms with Gasteiger partial charge in [0.25, 0.3) is 5.91 Å². The molecule has 3 aliphatic carbocycles. The number of likely N-dealkylation sites (N-methyl/N-ethyl adjacent to an activating group) is 1. The van der Waals surface area contributed by atoms with Gasteiger partial charge < -0.3 is 31.5 Å². The number of halogens is 1. The number of anilines is 1. The molecule has 0 bridgehead atoms. The maximum Gasteiger partial charge on any atom is 0.255 e. The molecule has 1 aromatic carbocycles. The van der Waals surface area contributed by atoms with Crippen LogP contribution >= 0.6 is 11.6 Å². The average molecular weight is 569 g/mol. The number of nitrogens with zero attached hydrogens (tertiary/aromatic N) is 2. The molecule has 0 unspecified atom stereocenters. The fraction of sp³-hybridized carbons (Fsp3) is 0.357. The molecule has 5 atom stereocenters. The van der Waals surface area contributed by atoms with Crippen LogP contribution in [-0.2, 0) is 20.8 Å². The number of hydrogen-bond donors (Lipinski definition) is 6. The summed E-state index contributed by atoms with van der Waals surface area (Å²) >= 11 is 6.53. The maximum absolute atomic E-state index is 13.9. The first-order chi connectivity index (χ1) is 18.8. The molecule has 3 aliphatic rings. The van der Waals surface area contributed by atoms with Crippen molar-refractivity contribution in [3.63, 3.8) is 0 Å². The largest absolute Gasteiger partial charge is 0.508 e. The highest BCUT2D eigenvalue weighted by atomic mass is 35.5. The molecule has 1 heterocycles. The van der Waals surface area contributed by atoms with E-state index in [0.29, 0.717) is 5.56 Å². The second-order valence-corrected chi connectivity index (χ2v) is 11.0. The minimum Gasteiger partial charge on any atom is -0.508 e. The van der Waals surface area contributed by atoms with Crippen LogP contribution in [0.1, 0.15) is 36.1 Å². The lowest BCUT2D eigenvalue weighted by atomic mass is 9.57. The fourth-order valence-electron chi connectivity index (χ4n) is 6.29. The minimum absolute atomic E-state index is 0.00270. The molecule has 1 fully saturated rings. The third-order valence-electron chi connectivity index (χ3n) is 8.19. The number of ketones is 2. The molecule has 12 heteroatoms. The molecule has 0 saturated heterocycles. The van der Waals surface area contributed by atoms with Gasteiger partial charge in [0.2, 0.25) is 5.78 Å². The second kappa shape index (κ2) is 9.61. The zero-order valence-electron chi connectivity index (χ0n) is 22.0. The highest BCUT2D eigenvalue weighted by Crippen LogP contribution is 2.53. The number of hydrogen-bond acceptors (Lipinski definition) is 10. The topological polar surface area (TPSA) is 186 Å². The van der Waals surface area contributed by atoms with E-state index >= 15 is 0 Å². The van der Waals surface area contributed by atoms with Gasteiger partial charge in [0, 0.05) is 17.1 Å². The van der Waals surface area contributed by atoms with E-state index < -0.39 is 63.8 Å². The van der Waals surface area contributed by atoms with Crippen molar-refractivity contribution in [1.29, 1.82) is 0 Å². The molecule has 1 amide bonds. The van der Waals surface area contributed by atoms with E-state index in [-0.39, 0.29) is 41.0 Å². The summed E-state index contributed by atoms with van der Waals surface area (Å²) in [6.45, 7) is 1.84. The van der Waals surface area contributed by atoms with E-state index in [9.17, 15) is 34.8 Å². The van der Waals surface area contributed by atoms with Crippen molar-refractivity contribution in [3.05, 3.63) is 69.1 Å². The number of amides is 1. The molecule has 40 heavy (non-hydrogen) atoms. The van der Waals surface area contributed by atoms with E-state index in [1.165, 1.54) is 19.0 Å². The summed E-state index contributed by atoms with van der Waals surface area (Å²) < 4.78 is 0. The number of nitrogens with two attached hydrogens (primary N) is 1. The summed E-state index contributed by atoms with van der Waals surface area (Å²) in [6, 6.07) is 7.87. The number of aromatic nitrogens is 1. The smallest absolute Gasteiger partial charge is 0.255 e. The Labute approximate surface area is 234 Å². The molecular weight excluding hydrogens is 540 g/mol. The van der Waals surface area contributed by atoms with Gasteiger partial charge in [-0.05, 0) is 45.3 Å². The molecule has 1 aromatic heterocycles. The summed E-state index contributed by atoms with van der Waals surface area (Å²) in [5.74, 6) is -7.34. The number of carbonyl (C=O) groups excluding carboxylic acids is 3. The number of primary amides is 1. The van der Waals surface area contributed by atoms with Crippen LogP contribution in [0.3, 0.4) is 0 Å². The predicted molar refractivity (Wildman–Crippen MR) is 146 cm³/mol. The lowest BCUT2D eigenvalue weighted by Gasteiger charge is -2.50. The van der Waals surface area contributed by atoms with Crippen molar-refractivity contribution in [2.45, 2.75) is 37.5 Å². The highest BCUT2D eigenvalue weighted by molar-refractivity contribution is 6.31. The van der Waals surface area contributed by atoms with Gasteiger partial charge in [-0.3, -0.25) is 19.3 Å². The molecule has 0 radical (unpaired) electrons. The number of aromatic hydroxyl groups is 1. The number of fused-ring (bicyclic) bond motifs is 3. The molecule has 0 spiro atoms. The number of rotatable bonds is 5. The van der Waals surface area contributed by atoms with Crippen molar-refractivity contribution in [1.82, 2.24) is 9.88 Å². The zero-order valence-corrected chi connectivity index (χ0v) is 22.7. The standard InChI is InChI=1S/C28H29ClN4O7/c1-11(12-7-5-4-6-8-12)31-27-22(36)17-14(25(29)32-27)9-13-10-15-19(33(2)3)21(35)18(26(30)39)24(38)28(15,40)23(37)16(13)20(17)34/h4-8,11,13,15,19,34,36,38,40H,9-10H2,1-3H3,(H2,30,39)(H,31,32)/t11-,13-,15-,19-,28-/m0/s1. The number of Topliss-reactive ketones (excluding diaryl/α,β-unsaturated/α-hetero) is 2. The number of nitrogens with one attached hydrogen (secondary N) is 1. The van der Waals surface area contributed by atoms with Crippen molar-refractivity contribution >= 4 is 40.7 Å². The van der Waals surface area contributed by atoms with Gasteiger partial charge in [-0.2, -0.15) is 0 Å². The van der Waals surface area contributed by atoms with Gasteiger partial charge in [-0.25, -0.2) is 4.98 Å². The Morgan fingerprint density at radius 2 is 1.85 bits per heavy atom. The minimum atomic E-state index is -2.71. The summed E-state index contributed by atoms with van der Waals surface area (Å²) in [7, 11) is 3.08. The van der Waals surface area contributed by atoms with Crippen molar-refractivity contribution < 1.29 is 34.8 Å². The van der Waals surface area contributed by atoms with Crippen LogP contribution in [0.4, 0.5) is 5.82 Å². The first-order valence-corrected chi connectivity index (χ1v) is 13.1. The second-order valence-electron chi connectivity index (χ2n) is 10.7. The number of benzene rings is 1. The first-order valence-electron chi connectivity index (χ1n) is 12.7. The molecule has 2 aromatic rings. The SMILES string of the molecule is C[C@H](Nc1nc(Cl)c2c(c1O)C(O)=C1C(=O)[C@]3(O)C(O)=C(C(N)=O)C(=O)[C@@H](N(C)C)[C@@H]3C[C@@H]1C2)c1ccccc1. The quantitative estimate of drug-likeness (QED) is 0.230. The fourth-order valence-corrected chi connectivity index (χ4v) is 6.54. The van der Waals surface area contributed by atoms with Crippen LogP contribution in [-0.4, -0.2) is 73.5 Å². The zero-order chi connectivity index (χ0) is 29.3. The van der Waals surface area contributed by atoms with E-state index in [0.717, 1.165) is 5.56 Å². The molecular formula is C28H29ClN4O7. The molecule has 1 saturated carbocycles. The van der Waals surface area contributed by atoms with E-state index in [2.05, 4.69) is 10.3 Å². The normalized spacial score (nSPS) is 26.8. The third-order valence-corrected chi connectivity index (χ3v) is 8.50. The maximum atomic E-state index is 13.9. The molecule has 0 aliphatic heterocycles. The average Bonchev–Trinajstić information content (AvgIpc) is 2.89. The van der Waals surface area contributed by atoms with E-state index in [1.807, 2.05) is 37.3 Å². The van der Waals surface area contributed by atoms with Crippen LogP contribution in [0, 0.1) is 11.8 Å². The third kappa shape index (κ3) is 3.87. The van der Waals surface area contributed by atoms with E-state index in [1.54, 1.807) is 0 Å². The number of carbonyl (C=O) groups is 3. The lowest BCUT2D eigenvalue weighted by Crippen LogP contribution is -2.65. The van der Waals surface area contributed by atoms with Crippen LogP contribution in [0.2, 0.25) is 5.15 Å². The Balaban J connectivity index is 1.65. The van der Waals surface area contributed by atoms with Crippen molar-refractivity contribution in [3.8, 4) is 5.75 Å². The lowest BCUT2D eigenvalue weighted by molar-refractivity contribution is -0.153. The van der Waals surface area contributed by atoms with Crippen LogP contribution in [0.15, 0.2) is 47.2 Å². The van der Waals surface area contributed by atoms with Crippen molar-refractivity contribution in [2.75, 3.05) is 19.4 Å². The Morgan fingerprint density at radius 1 is 1.20 bits per heavy atom. The number of aliphatic hydroxyl groups excluding tert-OH is 2. The van der Waals surface area contributed by atoms with Gasteiger partial charge in [0.15, 0.2) is 23.0 Å². The van der Waals surface area contributed by atoms with Crippen LogP contribution in [0.5, 0.6) is 5.75 Å². The van der Waals surface area contributed by atoms with Crippen LogP contribution < -0.4 is 11.1 Å². The predicted octanol–water partition coefficient (Wildman–Crippen LogP) is 2.19. The van der Waals surface area contributed by atoms with Gasteiger partial charge in [-0.1, -0.05) is 41.9 Å². The summed E-state index contributed by atoms with van der Waals surface area (Å²) in [4.78, 5) is 45.0. The Hall–Kier alpha value is -3.93. The summed E-state index contributed by atoms with van der Waals surface area (Å²) in [5.41, 5.74) is 2.59. The summed E-state index contributed by atoms with van der Waals surface area (Å²) in [5, 5.41) is 48.3. The molecule has 7 N–H and O–H groups in total. The first kappa shape index (κ1) is 27.6.